The van der Waals surface area contributed by atoms with Gasteiger partial charge in [-0.25, -0.2) is 4.98 Å². The lowest BCUT2D eigenvalue weighted by molar-refractivity contribution is 0.388. The number of imidazole rings is 1. The van der Waals surface area contributed by atoms with Crippen molar-refractivity contribution in [2.45, 2.75) is 11.8 Å². The highest BCUT2D eigenvalue weighted by atomic mass is 32.3. The highest BCUT2D eigenvalue weighted by Crippen LogP contribution is 2.44. The van der Waals surface area contributed by atoms with E-state index in [-0.39, 0.29) is 22.2 Å². The molecule has 4 N–H and O–H groups in total. The van der Waals surface area contributed by atoms with Gasteiger partial charge >= 0.3 is 10.4 Å². The summed E-state index contributed by atoms with van der Waals surface area (Å²) in [7, 11) is -9.73. The molecule has 0 unspecified atom stereocenters. The number of hydrogen-bond acceptors (Lipinski definition) is 11. The number of aryl methyl sites for hydroxylation is 1. The first-order valence-electron chi connectivity index (χ1n) is 14.7. The van der Waals surface area contributed by atoms with Crippen molar-refractivity contribution in [3.63, 3.8) is 0 Å². The monoisotopic (exact) mass is 708 g/mol. The molecule has 0 saturated heterocycles. The number of hydrogen-bond donors (Lipinski definition) is 4. The van der Waals surface area contributed by atoms with Gasteiger partial charge in [0.05, 0.1) is 22.4 Å². The summed E-state index contributed by atoms with van der Waals surface area (Å²) in [5.41, 5.74) is 2.56. The largest absolute Gasteiger partial charge is 0.505 e. The summed E-state index contributed by atoms with van der Waals surface area (Å²) >= 11 is 0. The van der Waals surface area contributed by atoms with Crippen molar-refractivity contribution in [1.29, 1.82) is 0 Å². The zero-order valence-electron chi connectivity index (χ0n) is 25.8. The third-order valence-corrected chi connectivity index (χ3v) is 9.02. The van der Waals surface area contributed by atoms with Gasteiger partial charge in [-0.3, -0.25) is 9.11 Å². The van der Waals surface area contributed by atoms with E-state index in [1.54, 1.807) is 91.9 Å². The number of phenols is 1. The fourth-order valence-corrected chi connectivity index (χ4v) is 6.47. The van der Waals surface area contributed by atoms with E-state index in [0.717, 1.165) is 5.56 Å². The topological polar surface area (TPSA) is 216 Å². The standard InChI is InChI=1S/C34H24N6O8S2/c1-19-7-2-5-12-26(19)38-40-31-29(49(42,43)44)18-25-24(32(31)41)14-16-27-30(25)36-34(35-27)21-9-6-10-22(17-21)37-39-28-15-13-20-8-3-4-11-23(20)33(28)48-50(45,46)47/h2-18,41H,1H3,(H,35,36)(H,42,43,44)(H,45,46,47). The Morgan fingerprint density at radius 3 is 2.26 bits per heavy atom. The molecule has 7 aromatic rings. The van der Waals surface area contributed by atoms with Crippen LogP contribution in [0.5, 0.6) is 11.5 Å². The Labute approximate surface area is 284 Å². The number of nitrogens with one attached hydrogen (secondary N) is 1. The summed E-state index contributed by atoms with van der Waals surface area (Å²) in [6.45, 7) is 1.80. The van der Waals surface area contributed by atoms with Gasteiger partial charge in [0, 0.05) is 21.7 Å². The molecular formula is C34H24N6O8S2. The molecule has 0 aliphatic rings. The van der Waals surface area contributed by atoms with Crippen LogP contribution in [-0.2, 0) is 20.5 Å². The number of aromatic hydroxyl groups is 1. The SMILES string of the molecule is Cc1ccccc1N=Nc1c(S(=O)(=O)O)cc2c(ccc3nc(-c4cccc(N=Nc5ccc6ccccc6c5OS(=O)(=O)O)c4)[nH]c32)c1O. The summed E-state index contributed by atoms with van der Waals surface area (Å²) in [4.78, 5) is 7.15. The molecule has 0 radical (unpaired) electrons. The molecule has 7 rings (SSSR count). The van der Waals surface area contributed by atoms with Crippen LogP contribution in [0, 0.1) is 6.92 Å². The van der Waals surface area contributed by atoms with Crippen LogP contribution in [0.3, 0.4) is 0 Å². The van der Waals surface area contributed by atoms with E-state index < -0.39 is 36.8 Å². The molecule has 0 aliphatic heterocycles. The van der Waals surface area contributed by atoms with Gasteiger partial charge in [0.2, 0.25) is 0 Å². The molecule has 0 fully saturated rings. The van der Waals surface area contributed by atoms with Crippen molar-refractivity contribution in [3.8, 4) is 22.9 Å². The maximum Gasteiger partial charge on any atom is 0.446 e. The van der Waals surface area contributed by atoms with Gasteiger partial charge in [0.25, 0.3) is 10.1 Å². The summed E-state index contributed by atoms with van der Waals surface area (Å²) in [5, 5.41) is 29.3. The molecule has 50 heavy (non-hydrogen) atoms. The molecule has 6 aromatic carbocycles. The highest BCUT2D eigenvalue weighted by Gasteiger charge is 2.24. The highest BCUT2D eigenvalue weighted by molar-refractivity contribution is 7.86. The zero-order valence-corrected chi connectivity index (χ0v) is 27.4. The van der Waals surface area contributed by atoms with Crippen LogP contribution in [0.25, 0.3) is 44.0 Å². The van der Waals surface area contributed by atoms with E-state index in [1.165, 1.54) is 12.1 Å². The second kappa shape index (κ2) is 12.4. The third-order valence-electron chi connectivity index (χ3n) is 7.78. The number of phenolic OH excluding ortho intramolecular Hbond substituents is 1. The summed E-state index contributed by atoms with van der Waals surface area (Å²) in [5.74, 6) is -0.331. The molecule has 0 saturated carbocycles. The number of benzene rings is 6. The number of azo groups is 2. The lowest BCUT2D eigenvalue weighted by Gasteiger charge is -2.09. The van der Waals surface area contributed by atoms with Gasteiger partial charge in [-0.15, -0.1) is 10.2 Å². The molecule has 0 amide bonds. The minimum Gasteiger partial charge on any atom is -0.505 e. The van der Waals surface area contributed by atoms with Gasteiger partial charge in [0.1, 0.15) is 22.1 Å². The predicted molar refractivity (Wildman–Crippen MR) is 186 cm³/mol. The molecule has 0 aliphatic carbocycles. The van der Waals surface area contributed by atoms with Crippen molar-refractivity contribution >= 4 is 75.8 Å². The second-order valence-electron chi connectivity index (χ2n) is 11.1. The van der Waals surface area contributed by atoms with E-state index in [4.69, 9.17) is 4.18 Å². The predicted octanol–water partition coefficient (Wildman–Crippen LogP) is 8.81. The van der Waals surface area contributed by atoms with Gasteiger partial charge in [-0.05, 0) is 60.3 Å². The average Bonchev–Trinajstić information content (AvgIpc) is 3.52. The normalized spacial score (nSPS) is 12.5. The van der Waals surface area contributed by atoms with Crippen LogP contribution in [-0.4, -0.2) is 41.0 Å². The van der Waals surface area contributed by atoms with Crippen molar-refractivity contribution in [2.75, 3.05) is 0 Å². The van der Waals surface area contributed by atoms with E-state index in [2.05, 4.69) is 30.4 Å². The zero-order chi connectivity index (χ0) is 35.2. The molecule has 1 aromatic heterocycles. The van der Waals surface area contributed by atoms with Crippen LogP contribution in [0.2, 0.25) is 0 Å². The maximum atomic E-state index is 12.5. The van der Waals surface area contributed by atoms with Gasteiger partial charge in [-0.1, -0.05) is 60.7 Å². The molecule has 1 heterocycles. The van der Waals surface area contributed by atoms with Crippen molar-refractivity contribution in [3.05, 3.63) is 109 Å². The number of fused-ring (bicyclic) bond motifs is 4. The number of aromatic amines is 1. The number of nitrogens with zero attached hydrogens (tertiary/aromatic N) is 5. The minimum absolute atomic E-state index is 0.0502. The molecular weight excluding hydrogens is 685 g/mol. The summed E-state index contributed by atoms with van der Waals surface area (Å²) in [6.07, 6.45) is 0. The molecule has 0 bridgehead atoms. The number of rotatable bonds is 8. The van der Waals surface area contributed by atoms with E-state index in [9.17, 15) is 31.0 Å². The first-order chi connectivity index (χ1) is 23.9. The lowest BCUT2D eigenvalue weighted by Crippen LogP contribution is -2.07. The smallest absolute Gasteiger partial charge is 0.446 e. The third kappa shape index (κ3) is 6.38. The first-order valence-corrected chi connectivity index (χ1v) is 17.5. The van der Waals surface area contributed by atoms with Gasteiger partial charge in [0.15, 0.2) is 11.5 Å². The van der Waals surface area contributed by atoms with E-state index in [1.807, 2.05) is 6.07 Å². The fraction of sp³-hybridized carbons (Fsp3) is 0.0294. The molecule has 16 heteroatoms. The molecule has 250 valence electrons. The Bertz CT molecular complexity index is 2780. The molecule has 14 nitrogen and oxygen atoms in total. The molecule has 0 atom stereocenters. The average molecular weight is 709 g/mol. The summed E-state index contributed by atoms with van der Waals surface area (Å²) in [6, 6.07) is 28.2. The Hall–Kier alpha value is -6.07. The van der Waals surface area contributed by atoms with Crippen molar-refractivity contribution in [1.82, 2.24) is 9.97 Å². The summed E-state index contributed by atoms with van der Waals surface area (Å²) < 4.78 is 72.6. The Morgan fingerprint density at radius 1 is 0.720 bits per heavy atom. The van der Waals surface area contributed by atoms with Crippen molar-refractivity contribution < 1.29 is 35.2 Å². The van der Waals surface area contributed by atoms with Gasteiger partial charge < -0.3 is 14.3 Å². The number of H-pyrrole nitrogens is 1. The van der Waals surface area contributed by atoms with Crippen LogP contribution in [0.4, 0.5) is 22.7 Å². The number of aromatic nitrogens is 2. The van der Waals surface area contributed by atoms with Crippen LogP contribution in [0.1, 0.15) is 5.56 Å². The van der Waals surface area contributed by atoms with Crippen LogP contribution in [0.15, 0.2) is 128 Å². The first kappa shape index (κ1) is 32.5. The van der Waals surface area contributed by atoms with Crippen LogP contribution >= 0.6 is 0 Å². The van der Waals surface area contributed by atoms with E-state index in [0.29, 0.717) is 44.6 Å². The van der Waals surface area contributed by atoms with E-state index >= 15 is 0 Å². The Morgan fingerprint density at radius 2 is 1.48 bits per heavy atom. The van der Waals surface area contributed by atoms with Crippen LogP contribution < -0.4 is 4.18 Å². The maximum absolute atomic E-state index is 12.5. The second-order valence-corrected chi connectivity index (χ2v) is 13.5. The van der Waals surface area contributed by atoms with Gasteiger partial charge in [-0.2, -0.15) is 27.1 Å². The minimum atomic E-state index is -4.86. The Kier molecular flexibility index (Phi) is 8.07. The quantitative estimate of drug-likeness (QED) is 0.0874. The Balaban J connectivity index is 1.29. The lowest BCUT2D eigenvalue weighted by atomic mass is 10.1. The molecule has 0 spiro atoms. The fourth-order valence-electron chi connectivity index (χ4n) is 5.44. The van der Waals surface area contributed by atoms with Crippen molar-refractivity contribution in [2.24, 2.45) is 20.5 Å².